The zero-order valence-electron chi connectivity index (χ0n) is 7.79. The number of cyclic esters (lactones) is 1. The Balaban J connectivity index is 2.32. The van der Waals surface area contributed by atoms with Crippen LogP contribution in [0.4, 0.5) is 14.9 Å². The van der Waals surface area contributed by atoms with E-state index < -0.39 is 6.09 Å². The first kappa shape index (κ1) is 8.99. The number of aryl methyl sites for hydroxylation is 1. The van der Waals surface area contributed by atoms with Gasteiger partial charge in [0, 0.05) is 0 Å². The van der Waals surface area contributed by atoms with Gasteiger partial charge in [0.15, 0.2) is 0 Å². The van der Waals surface area contributed by atoms with Crippen LogP contribution in [0.1, 0.15) is 5.56 Å². The largest absolute Gasteiger partial charge is 0.447 e. The van der Waals surface area contributed by atoms with E-state index in [1.807, 2.05) is 0 Å². The van der Waals surface area contributed by atoms with E-state index in [-0.39, 0.29) is 5.82 Å². The maximum atomic E-state index is 13.2. The molecule has 1 aliphatic heterocycles. The summed E-state index contributed by atoms with van der Waals surface area (Å²) in [6.07, 6.45) is -0.409. The Kier molecular flexibility index (Phi) is 2.11. The zero-order valence-corrected chi connectivity index (χ0v) is 7.79. The molecule has 2 rings (SSSR count). The minimum absolute atomic E-state index is 0.304. The molecule has 0 bridgehead atoms. The minimum Gasteiger partial charge on any atom is -0.447 e. The molecule has 1 amide bonds. The zero-order chi connectivity index (χ0) is 10.1. The van der Waals surface area contributed by atoms with Crippen molar-refractivity contribution in [2.45, 2.75) is 6.92 Å². The number of ether oxygens (including phenoxy) is 1. The van der Waals surface area contributed by atoms with Crippen molar-refractivity contribution in [3.05, 3.63) is 29.6 Å². The lowest BCUT2D eigenvalue weighted by molar-refractivity contribution is 0.181. The topological polar surface area (TPSA) is 29.5 Å². The smallest absolute Gasteiger partial charge is 0.414 e. The van der Waals surface area contributed by atoms with E-state index in [1.165, 1.54) is 11.0 Å². The third kappa shape index (κ3) is 1.43. The van der Waals surface area contributed by atoms with E-state index in [4.69, 9.17) is 4.74 Å². The normalized spacial score (nSPS) is 15.9. The quantitative estimate of drug-likeness (QED) is 0.686. The molecule has 14 heavy (non-hydrogen) atoms. The van der Waals surface area contributed by atoms with Crippen LogP contribution < -0.4 is 4.90 Å². The van der Waals surface area contributed by atoms with E-state index in [0.717, 1.165) is 0 Å². The van der Waals surface area contributed by atoms with Gasteiger partial charge in [-0.25, -0.2) is 9.18 Å². The number of carbonyl (C=O) groups is 1. The first-order valence-corrected chi connectivity index (χ1v) is 4.39. The van der Waals surface area contributed by atoms with Crippen molar-refractivity contribution in [1.29, 1.82) is 0 Å². The Morgan fingerprint density at radius 1 is 1.50 bits per heavy atom. The molecule has 1 aromatic rings. The lowest BCUT2D eigenvalue weighted by atomic mass is 10.2. The van der Waals surface area contributed by atoms with Crippen LogP contribution in [-0.4, -0.2) is 19.2 Å². The molecule has 0 spiro atoms. The van der Waals surface area contributed by atoms with Crippen molar-refractivity contribution in [3.63, 3.8) is 0 Å². The first-order valence-electron chi connectivity index (χ1n) is 4.39. The molecule has 74 valence electrons. The molecular formula is C10H10FNO2. The van der Waals surface area contributed by atoms with Crippen molar-refractivity contribution in [2.24, 2.45) is 0 Å². The lowest BCUT2D eigenvalue weighted by Gasteiger charge is -2.12. The van der Waals surface area contributed by atoms with Crippen LogP contribution in [0.5, 0.6) is 0 Å². The molecule has 1 saturated heterocycles. The lowest BCUT2D eigenvalue weighted by Crippen LogP contribution is -2.23. The van der Waals surface area contributed by atoms with Crippen molar-refractivity contribution in [1.82, 2.24) is 0 Å². The summed E-state index contributed by atoms with van der Waals surface area (Å²) < 4.78 is 17.9. The number of carbonyl (C=O) groups excluding carboxylic acids is 1. The number of hydrogen-bond donors (Lipinski definition) is 0. The summed E-state index contributed by atoms with van der Waals surface area (Å²) in [5, 5.41) is 0. The van der Waals surface area contributed by atoms with E-state index in [9.17, 15) is 9.18 Å². The molecule has 0 N–H and O–H groups in total. The maximum Gasteiger partial charge on any atom is 0.414 e. The van der Waals surface area contributed by atoms with Gasteiger partial charge in [-0.15, -0.1) is 0 Å². The molecule has 0 aliphatic carbocycles. The number of benzene rings is 1. The second-order valence-electron chi connectivity index (χ2n) is 3.20. The highest BCUT2D eigenvalue weighted by Crippen LogP contribution is 2.21. The van der Waals surface area contributed by atoms with E-state index in [1.54, 1.807) is 19.1 Å². The van der Waals surface area contributed by atoms with Crippen LogP contribution in [0, 0.1) is 12.7 Å². The highest BCUT2D eigenvalue weighted by molar-refractivity contribution is 5.89. The molecule has 1 aliphatic rings. The number of rotatable bonds is 1. The van der Waals surface area contributed by atoms with E-state index in [0.29, 0.717) is 24.4 Å². The summed E-state index contributed by atoms with van der Waals surface area (Å²) >= 11 is 0. The van der Waals surface area contributed by atoms with Gasteiger partial charge >= 0.3 is 6.09 Å². The Hall–Kier alpha value is -1.58. The third-order valence-electron chi connectivity index (χ3n) is 2.23. The van der Waals surface area contributed by atoms with E-state index >= 15 is 0 Å². The van der Waals surface area contributed by atoms with Crippen LogP contribution in [0.3, 0.4) is 0 Å². The predicted molar refractivity (Wildman–Crippen MR) is 49.8 cm³/mol. The molecule has 0 saturated carbocycles. The van der Waals surface area contributed by atoms with Crippen LogP contribution in [-0.2, 0) is 4.74 Å². The Morgan fingerprint density at radius 3 is 2.86 bits per heavy atom. The van der Waals surface area contributed by atoms with Gasteiger partial charge < -0.3 is 4.74 Å². The highest BCUT2D eigenvalue weighted by Gasteiger charge is 2.23. The van der Waals surface area contributed by atoms with Gasteiger partial charge in [-0.05, 0) is 24.6 Å². The fraction of sp³-hybridized carbons (Fsp3) is 0.300. The molecule has 0 unspecified atom stereocenters. The van der Waals surface area contributed by atoms with Gasteiger partial charge in [0.1, 0.15) is 12.4 Å². The van der Waals surface area contributed by atoms with Crippen LogP contribution in [0.25, 0.3) is 0 Å². The van der Waals surface area contributed by atoms with Crippen LogP contribution >= 0.6 is 0 Å². The average Bonchev–Trinajstić information content (AvgIpc) is 2.57. The number of anilines is 1. The number of amides is 1. The molecule has 1 aromatic carbocycles. The van der Waals surface area contributed by atoms with Gasteiger partial charge in [0.25, 0.3) is 0 Å². The molecular weight excluding hydrogens is 185 g/mol. The molecule has 4 heteroatoms. The number of nitrogens with zero attached hydrogens (tertiary/aromatic N) is 1. The van der Waals surface area contributed by atoms with Crippen LogP contribution in [0.2, 0.25) is 0 Å². The first-order chi connectivity index (χ1) is 6.68. The Bertz CT molecular complexity index is 378. The van der Waals surface area contributed by atoms with Gasteiger partial charge in [-0.3, -0.25) is 4.90 Å². The Morgan fingerprint density at radius 2 is 2.29 bits per heavy atom. The molecule has 0 atom stereocenters. The second-order valence-corrected chi connectivity index (χ2v) is 3.20. The van der Waals surface area contributed by atoms with Gasteiger partial charge in [0.2, 0.25) is 0 Å². The Labute approximate surface area is 81.1 Å². The summed E-state index contributed by atoms with van der Waals surface area (Å²) in [4.78, 5) is 12.6. The highest BCUT2D eigenvalue weighted by atomic mass is 19.1. The third-order valence-corrected chi connectivity index (χ3v) is 2.23. The van der Waals surface area contributed by atoms with Gasteiger partial charge in [-0.1, -0.05) is 6.07 Å². The monoisotopic (exact) mass is 195 g/mol. The maximum absolute atomic E-state index is 13.2. The summed E-state index contributed by atoms with van der Waals surface area (Å²) in [6.45, 7) is 2.54. The molecule has 3 nitrogen and oxygen atoms in total. The SMILES string of the molecule is Cc1ccc(N2CCOC2=O)cc1F. The van der Waals surface area contributed by atoms with Crippen molar-refractivity contribution in [2.75, 3.05) is 18.1 Å². The summed E-state index contributed by atoms with van der Waals surface area (Å²) in [5.41, 5.74) is 1.12. The van der Waals surface area contributed by atoms with Crippen molar-refractivity contribution >= 4 is 11.8 Å². The molecule has 0 aromatic heterocycles. The predicted octanol–water partition coefficient (Wildman–Crippen LogP) is 2.09. The molecule has 1 fully saturated rings. The molecule has 0 radical (unpaired) electrons. The van der Waals surface area contributed by atoms with Gasteiger partial charge in [0.05, 0.1) is 12.2 Å². The fourth-order valence-electron chi connectivity index (χ4n) is 1.38. The summed E-state index contributed by atoms with van der Waals surface area (Å²) in [5.74, 6) is -0.304. The van der Waals surface area contributed by atoms with E-state index in [2.05, 4.69) is 0 Å². The number of hydrogen-bond acceptors (Lipinski definition) is 2. The second kappa shape index (κ2) is 3.29. The fourth-order valence-corrected chi connectivity index (χ4v) is 1.38. The summed E-state index contributed by atoms with van der Waals surface area (Å²) in [6, 6.07) is 4.71. The van der Waals surface area contributed by atoms with Crippen LogP contribution in [0.15, 0.2) is 18.2 Å². The van der Waals surface area contributed by atoms with Gasteiger partial charge in [-0.2, -0.15) is 0 Å². The number of halogens is 1. The van der Waals surface area contributed by atoms with Crippen molar-refractivity contribution in [3.8, 4) is 0 Å². The van der Waals surface area contributed by atoms with Crippen molar-refractivity contribution < 1.29 is 13.9 Å². The minimum atomic E-state index is -0.409. The summed E-state index contributed by atoms with van der Waals surface area (Å²) in [7, 11) is 0. The average molecular weight is 195 g/mol. The standard InChI is InChI=1S/C10H10FNO2/c1-7-2-3-8(6-9(7)11)12-4-5-14-10(12)13/h2-3,6H,4-5H2,1H3. The molecule has 1 heterocycles.